The number of methoxy groups -OCH3 is 1. The van der Waals surface area contributed by atoms with E-state index >= 15 is 0 Å². The Morgan fingerprint density at radius 1 is 1.08 bits per heavy atom. The van der Waals surface area contributed by atoms with Crippen molar-refractivity contribution in [1.82, 2.24) is 15.3 Å². The quantitative estimate of drug-likeness (QED) is 0.815. The molecule has 2 aliphatic rings. The molecule has 26 heavy (non-hydrogen) atoms. The summed E-state index contributed by atoms with van der Waals surface area (Å²) in [4.78, 5) is 8.98. The third-order valence-electron chi connectivity index (χ3n) is 6.21. The Balaban J connectivity index is 1.43. The number of aryl methyl sites for hydroxylation is 1. The van der Waals surface area contributed by atoms with Crippen LogP contribution in [0.5, 0.6) is 5.75 Å². The molecule has 0 unspecified atom stereocenters. The third kappa shape index (κ3) is 3.35. The second-order valence-electron chi connectivity index (χ2n) is 7.72. The molecule has 4 heteroatoms. The lowest BCUT2D eigenvalue weighted by molar-refractivity contribution is 0.0940. The van der Waals surface area contributed by atoms with Crippen molar-refractivity contribution in [3.8, 4) is 5.75 Å². The summed E-state index contributed by atoms with van der Waals surface area (Å²) in [5.74, 6) is 4.16. The maximum Gasteiger partial charge on any atom is 0.128 e. The van der Waals surface area contributed by atoms with Crippen LogP contribution in [0.15, 0.2) is 36.7 Å². The maximum atomic E-state index is 5.32. The third-order valence-corrected chi connectivity index (χ3v) is 6.21. The molecule has 2 saturated carbocycles. The molecule has 1 aromatic heterocycles. The molecule has 1 heterocycles. The standard InChI is InChI=1S/C22H29N3O/c1-3-5-20-23-12-15(13-24-20)14-25-22-19-7-4-6-18(19)21(22)16-8-10-17(26-2)11-9-16/h8-13,18-19,21-22,25H,3-7,14H2,1-2H3/t18-,19+,21+,22+/m0/s1. The van der Waals surface area contributed by atoms with E-state index in [-0.39, 0.29) is 0 Å². The normalized spacial score (nSPS) is 27.0. The highest BCUT2D eigenvalue weighted by Gasteiger charge is 2.52. The van der Waals surface area contributed by atoms with E-state index in [0.717, 1.165) is 42.8 Å². The first-order valence-electron chi connectivity index (χ1n) is 9.97. The van der Waals surface area contributed by atoms with E-state index in [9.17, 15) is 0 Å². The lowest BCUT2D eigenvalue weighted by atomic mass is 9.60. The smallest absolute Gasteiger partial charge is 0.128 e. The van der Waals surface area contributed by atoms with Gasteiger partial charge in [0, 0.05) is 42.9 Å². The molecule has 4 nitrogen and oxygen atoms in total. The van der Waals surface area contributed by atoms with Gasteiger partial charge >= 0.3 is 0 Å². The first-order valence-corrected chi connectivity index (χ1v) is 9.97. The fraction of sp³-hybridized carbons (Fsp3) is 0.545. The van der Waals surface area contributed by atoms with Crippen LogP contribution in [0.2, 0.25) is 0 Å². The molecule has 2 aromatic rings. The molecule has 0 aliphatic heterocycles. The predicted octanol–water partition coefficient (Wildman–Crippen LogP) is 4.11. The Kier molecular flexibility index (Phi) is 5.21. The SMILES string of the molecule is CCCc1ncc(CN[C@@H]2[C@@H]3CCC[C@@H]3[C@H]2c2ccc(OC)cc2)cn1. The van der Waals surface area contributed by atoms with Crippen molar-refractivity contribution in [2.24, 2.45) is 11.8 Å². The molecular formula is C22H29N3O. The Hall–Kier alpha value is -1.94. The summed E-state index contributed by atoms with van der Waals surface area (Å²) in [5.41, 5.74) is 2.63. The van der Waals surface area contributed by atoms with Gasteiger partial charge in [-0.15, -0.1) is 0 Å². The molecule has 4 rings (SSSR count). The van der Waals surface area contributed by atoms with Crippen molar-refractivity contribution in [2.45, 2.75) is 57.5 Å². The fourth-order valence-electron chi connectivity index (χ4n) is 4.92. The van der Waals surface area contributed by atoms with Gasteiger partial charge in [-0.3, -0.25) is 0 Å². The molecule has 4 atom stereocenters. The summed E-state index contributed by atoms with van der Waals surface area (Å²) in [7, 11) is 1.73. The Labute approximate surface area is 156 Å². The maximum absolute atomic E-state index is 5.32. The van der Waals surface area contributed by atoms with E-state index in [4.69, 9.17) is 4.74 Å². The minimum absolute atomic E-state index is 0.561. The Morgan fingerprint density at radius 2 is 1.81 bits per heavy atom. The molecule has 1 aromatic carbocycles. The topological polar surface area (TPSA) is 47.0 Å². The van der Waals surface area contributed by atoms with Crippen LogP contribution in [0.1, 0.15) is 55.5 Å². The van der Waals surface area contributed by atoms with Gasteiger partial charge in [0.05, 0.1) is 7.11 Å². The number of ether oxygens (including phenoxy) is 1. The van der Waals surface area contributed by atoms with Gasteiger partial charge in [0.1, 0.15) is 11.6 Å². The van der Waals surface area contributed by atoms with Gasteiger partial charge in [0.25, 0.3) is 0 Å². The number of nitrogens with zero attached hydrogens (tertiary/aromatic N) is 2. The highest BCUT2D eigenvalue weighted by atomic mass is 16.5. The first-order chi connectivity index (χ1) is 12.8. The molecule has 2 aliphatic carbocycles. The van der Waals surface area contributed by atoms with Crippen molar-refractivity contribution in [3.05, 3.63) is 53.6 Å². The van der Waals surface area contributed by atoms with Gasteiger partial charge in [-0.25, -0.2) is 9.97 Å². The van der Waals surface area contributed by atoms with E-state index in [0.29, 0.717) is 12.0 Å². The Morgan fingerprint density at radius 3 is 2.50 bits per heavy atom. The second kappa shape index (κ2) is 7.75. The van der Waals surface area contributed by atoms with Gasteiger partial charge in [0.15, 0.2) is 0 Å². The summed E-state index contributed by atoms with van der Waals surface area (Å²) in [6.07, 6.45) is 10.1. The molecule has 2 fully saturated rings. The summed E-state index contributed by atoms with van der Waals surface area (Å²) >= 11 is 0. The van der Waals surface area contributed by atoms with Gasteiger partial charge in [-0.05, 0) is 48.8 Å². The van der Waals surface area contributed by atoms with Crippen molar-refractivity contribution < 1.29 is 4.74 Å². The van der Waals surface area contributed by atoms with Crippen molar-refractivity contribution in [1.29, 1.82) is 0 Å². The van der Waals surface area contributed by atoms with E-state index in [2.05, 4.69) is 46.5 Å². The highest BCUT2D eigenvalue weighted by molar-refractivity contribution is 5.34. The highest BCUT2D eigenvalue weighted by Crippen LogP contribution is 2.56. The average Bonchev–Trinajstić information content (AvgIpc) is 3.08. The molecule has 0 amide bonds. The summed E-state index contributed by atoms with van der Waals surface area (Å²) in [5, 5.41) is 3.82. The fourth-order valence-corrected chi connectivity index (χ4v) is 4.92. The van der Waals surface area contributed by atoms with E-state index in [1.54, 1.807) is 7.11 Å². The molecular weight excluding hydrogens is 322 g/mol. The van der Waals surface area contributed by atoms with Crippen molar-refractivity contribution in [2.75, 3.05) is 7.11 Å². The van der Waals surface area contributed by atoms with E-state index in [1.165, 1.54) is 30.4 Å². The minimum Gasteiger partial charge on any atom is -0.497 e. The summed E-state index contributed by atoms with van der Waals surface area (Å²) in [6, 6.07) is 9.24. The van der Waals surface area contributed by atoms with Crippen LogP contribution in [0.25, 0.3) is 0 Å². The summed E-state index contributed by atoms with van der Waals surface area (Å²) < 4.78 is 5.32. The van der Waals surface area contributed by atoms with Crippen LogP contribution in [0, 0.1) is 11.8 Å². The monoisotopic (exact) mass is 351 g/mol. The van der Waals surface area contributed by atoms with Crippen molar-refractivity contribution in [3.63, 3.8) is 0 Å². The number of nitrogens with one attached hydrogen (secondary N) is 1. The molecule has 1 N–H and O–H groups in total. The zero-order chi connectivity index (χ0) is 17.9. The number of aromatic nitrogens is 2. The number of hydrogen-bond donors (Lipinski definition) is 1. The van der Waals surface area contributed by atoms with Crippen LogP contribution in [0.4, 0.5) is 0 Å². The van der Waals surface area contributed by atoms with Crippen LogP contribution in [0.3, 0.4) is 0 Å². The minimum atomic E-state index is 0.561. The van der Waals surface area contributed by atoms with E-state index in [1.807, 2.05) is 12.4 Å². The average molecular weight is 351 g/mol. The summed E-state index contributed by atoms with van der Waals surface area (Å²) in [6.45, 7) is 3.01. The van der Waals surface area contributed by atoms with Crippen LogP contribution in [-0.2, 0) is 13.0 Å². The molecule has 0 saturated heterocycles. The van der Waals surface area contributed by atoms with E-state index < -0.39 is 0 Å². The Bertz CT molecular complexity index is 713. The van der Waals surface area contributed by atoms with Crippen molar-refractivity contribution >= 4 is 0 Å². The predicted molar refractivity (Wildman–Crippen MR) is 103 cm³/mol. The lowest BCUT2D eigenvalue weighted by Gasteiger charge is -2.50. The van der Waals surface area contributed by atoms with Crippen LogP contribution in [-0.4, -0.2) is 23.1 Å². The largest absolute Gasteiger partial charge is 0.497 e. The van der Waals surface area contributed by atoms with Crippen LogP contribution < -0.4 is 10.1 Å². The first kappa shape index (κ1) is 17.5. The lowest BCUT2D eigenvalue weighted by Crippen LogP contribution is -2.54. The number of benzene rings is 1. The number of fused-ring (bicyclic) bond motifs is 1. The zero-order valence-corrected chi connectivity index (χ0v) is 15.8. The van der Waals surface area contributed by atoms with Crippen LogP contribution >= 0.6 is 0 Å². The van der Waals surface area contributed by atoms with Gasteiger partial charge < -0.3 is 10.1 Å². The van der Waals surface area contributed by atoms with Gasteiger partial charge in [-0.2, -0.15) is 0 Å². The molecule has 0 bridgehead atoms. The number of rotatable bonds is 7. The van der Waals surface area contributed by atoms with Gasteiger partial charge in [-0.1, -0.05) is 25.5 Å². The number of hydrogen-bond acceptors (Lipinski definition) is 4. The zero-order valence-electron chi connectivity index (χ0n) is 15.8. The van der Waals surface area contributed by atoms with Gasteiger partial charge in [0.2, 0.25) is 0 Å². The molecule has 0 radical (unpaired) electrons. The molecule has 138 valence electrons. The molecule has 0 spiro atoms. The second-order valence-corrected chi connectivity index (χ2v) is 7.72.